The Morgan fingerprint density at radius 2 is 1.83 bits per heavy atom. The van der Waals surface area contributed by atoms with Gasteiger partial charge in [0.2, 0.25) is 0 Å². The molecule has 1 aromatic carbocycles. The van der Waals surface area contributed by atoms with Gasteiger partial charge in [-0.1, -0.05) is 26.0 Å². The first-order valence-corrected chi connectivity index (χ1v) is 6.60. The van der Waals surface area contributed by atoms with Crippen LogP contribution in [0.25, 0.3) is 0 Å². The Morgan fingerprint density at radius 3 is 2.33 bits per heavy atom. The Kier molecular flexibility index (Phi) is 5.17. The zero-order valence-corrected chi connectivity index (χ0v) is 11.7. The molecule has 1 aromatic rings. The number of ether oxygens (including phenoxy) is 1. The lowest BCUT2D eigenvalue weighted by atomic mass is 9.86. The van der Waals surface area contributed by atoms with Gasteiger partial charge in [0, 0.05) is 0 Å². The van der Waals surface area contributed by atoms with E-state index >= 15 is 0 Å². The minimum absolute atomic E-state index is 0.0913. The van der Waals surface area contributed by atoms with Crippen molar-refractivity contribution in [3.05, 3.63) is 29.8 Å². The summed E-state index contributed by atoms with van der Waals surface area (Å²) in [6.45, 7) is 7.66. The molecule has 0 heterocycles. The van der Waals surface area contributed by atoms with E-state index in [-0.39, 0.29) is 6.10 Å². The summed E-state index contributed by atoms with van der Waals surface area (Å²) < 4.78 is 5.59. The fourth-order valence-corrected chi connectivity index (χ4v) is 1.98. The van der Waals surface area contributed by atoms with Gasteiger partial charge in [-0.05, 0) is 44.4 Å². The van der Waals surface area contributed by atoms with E-state index in [1.165, 1.54) is 0 Å². The third-order valence-electron chi connectivity index (χ3n) is 3.28. The molecule has 0 aliphatic heterocycles. The highest BCUT2D eigenvalue weighted by Gasteiger charge is 2.33. The van der Waals surface area contributed by atoms with Crippen molar-refractivity contribution in [3.8, 4) is 5.75 Å². The van der Waals surface area contributed by atoms with Crippen LogP contribution in [0, 0.1) is 0 Å². The molecule has 0 spiro atoms. The molecule has 1 rings (SSSR count). The summed E-state index contributed by atoms with van der Waals surface area (Å²) in [4.78, 5) is 0. The highest BCUT2D eigenvalue weighted by molar-refractivity contribution is 5.31. The second-order valence-corrected chi connectivity index (χ2v) is 4.95. The van der Waals surface area contributed by atoms with Crippen molar-refractivity contribution < 1.29 is 14.9 Å². The molecular formula is C15H24O3. The molecule has 0 saturated carbocycles. The second kappa shape index (κ2) is 6.21. The van der Waals surface area contributed by atoms with Gasteiger partial charge in [-0.3, -0.25) is 0 Å². The van der Waals surface area contributed by atoms with Crippen molar-refractivity contribution >= 4 is 0 Å². The average molecular weight is 252 g/mol. The standard InChI is InChI=1S/C15H24O3/c1-5-15(17,6-2)14(16)12-8-7-9-13(10-12)18-11(3)4/h7-11,14,16-17H,5-6H2,1-4H3. The van der Waals surface area contributed by atoms with Crippen LogP contribution < -0.4 is 4.74 Å². The summed E-state index contributed by atoms with van der Waals surface area (Å²) in [6.07, 6.45) is 0.233. The summed E-state index contributed by atoms with van der Waals surface area (Å²) in [5.41, 5.74) is -0.379. The van der Waals surface area contributed by atoms with Crippen LogP contribution in [0.4, 0.5) is 0 Å². The molecule has 0 saturated heterocycles. The quantitative estimate of drug-likeness (QED) is 0.818. The van der Waals surface area contributed by atoms with E-state index in [0.29, 0.717) is 18.4 Å². The predicted octanol–water partition coefficient (Wildman–Crippen LogP) is 3.06. The van der Waals surface area contributed by atoms with Crippen molar-refractivity contribution in [3.63, 3.8) is 0 Å². The summed E-state index contributed by atoms with van der Waals surface area (Å²) in [5.74, 6) is 0.719. The predicted molar refractivity (Wildman–Crippen MR) is 72.7 cm³/mol. The molecule has 0 radical (unpaired) electrons. The smallest absolute Gasteiger partial charge is 0.120 e. The van der Waals surface area contributed by atoms with Crippen LogP contribution in [-0.4, -0.2) is 21.9 Å². The summed E-state index contributed by atoms with van der Waals surface area (Å²) in [7, 11) is 0. The van der Waals surface area contributed by atoms with Gasteiger partial charge < -0.3 is 14.9 Å². The first-order chi connectivity index (χ1) is 8.42. The first kappa shape index (κ1) is 15.0. The van der Waals surface area contributed by atoms with Crippen LogP contribution in [-0.2, 0) is 0 Å². The zero-order chi connectivity index (χ0) is 13.8. The monoisotopic (exact) mass is 252 g/mol. The Hall–Kier alpha value is -1.06. The fourth-order valence-electron chi connectivity index (χ4n) is 1.98. The zero-order valence-electron chi connectivity index (χ0n) is 11.7. The molecule has 0 amide bonds. The van der Waals surface area contributed by atoms with Crippen molar-refractivity contribution in [1.29, 1.82) is 0 Å². The third kappa shape index (κ3) is 3.47. The minimum atomic E-state index is -1.07. The van der Waals surface area contributed by atoms with Gasteiger partial charge in [0.1, 0.15) is 11.9 Å². The molecule has 0 bridgehead atoms. The maximum absolute atomic E-state index is 10.3. The molecule has 18 heavy (non-hydrogen) atoms. The molecule has 1 unspecified atom stereocenters. The number of benzene rings is 1. The van der Waals surface area contributed by atoms with Crippen LogP contribution in [0.2, 0.25) is 0 Å². The van der Waals surface area contributed by atoms with E-state index < -0.39 is 11.7 Å². The Morgan fingerprint density at radius 1 is 1.22 bits per heavy atom. The first-order valence-electron chi connectivity index (χ1n) is 6.60. The van der Waals surface area contributed by atoms with E-state index in [4.69, 9.17) is 4.74 Å². The summed E-state index contributed by atoms with van der Waals surface area (Å²) in [6, 6.07) is 7.30. The second-order valence-electron chi connectivity index (χ2n) is 4.95. The van der Waals surface area contributed by atoms with Crippen LogP contribution in [0.5, 0.6) is 5.75 Å². The largest absolute Gasteiger partial charge is 0.491 e. The maximum atomic E-state index is 10.3. The van der Waals surface area contributed by atoms with E-state index in [9.17, 15) is 10.2 Å². The van der Waals surface area contributed by atoms with Gasteiger partial charge in [-0.2, -0.15) is 0 Å². The summed E-state index contributed by atoms with van der Waals surface area (Å²) in [5, 5.41) is 20.6. The van der Waals surface area contributed by atoms with Crippen LogP contribution in [0.3, 0.4) is 0 Å². The lowest BCUT2D eigenvalue weighted by molar-refractivity contribution is -0.0821. The molecule has 0 aliphatic rings. The lowest BCUT2D eigenvalue weighted by Gasteiger charge is -2.31. The van der Waals surface area contributed by atoms with Crippen molar-refractivity contribution in [1.82, 2.24) is 0 Å². The van der Waals surface area contributed by atoms with E-state index in [1.54, 1.807) is 6.07 Å². The van der Waals surface area contributed by atoms with Crippen LogP contribution in [0.15, 0.2) is 24.3 Å². The molecule has 3 heteroatoms. The van der Waals surface area contributed by atoms with E-state index in [0.717, 1.165) is 5.75 Å². The van der Waals surface area contributed by atoms with Crippen molar-refractivity contribution in [2.75, 3.05) is 0 Å². The van der Waals surface area contributed by atoms with Gasteiger partial charge in [0.05, 0.1) is 11.7 Å². The van der Waals surface area contributed by atoms with E-state index in [1.807, 2.05) is 45.9 Å². The maximum Gasteiger partial charge on any atom is 0.120 e. The SMILES string of the molecule is CCC(O)(CC)C(O)c1cccc(OC(C)C)c1. The van der Waals surface area contributed by atoms with Crippen LogP contribution >= 0.6 is 0 Å². The Balaban J connectivity index is 2.95. The highest BCUT2D eigenvalue weighted by atomic mass is 16.5. The van der Waals surface area contributed by atoms with Crippen LogP contribution in [0.1, 0.15) is 52.2 Å². The normalized spacial score (nSPS) is 13.7. The molecule has 0 aliphatic carbocycles. The number of aliphatic hydroxyl groups is 2. The minimum Gasteiger partial charge on any atom is -0.491 e. The number of hydrogen-bond acceptors (Lipinski definition) is 3. The Labute approximate surface area is 109 Å². The lowest BCUT2D eigenvalue weighted by Crippen LogP contribution is -2.34. The topological polar surface area (TPSA) is 49.7 Å². The van der Waals surface area contributed by atoms with Gasteiger partial charge in [0.25, 0.3) is 0 Å². The molecule has 1 atom stereocenters. The molecule has 0 aromatic heterocycles. The number of aliphatic hydroxyl groups excluding tert-OH is 1. The summed E-state index contributed by atoms with van der Waals surface area (Å²) >= 11 is 0. The van der Waals surface area contributed by atoms with Crippen molar-refractivity contribution in [2.45, 2.75) is 58.3 Å². The number of rotatable bonds is 6. The molecule has 3 nitrogen and oxygen atoms in total. The van der Waals surface area contributed by atoms with E-state index in [2.05, 4.69) is 0 Å². The van der Waals surface area contributed by atoms with Gasteiger partial charge in [-0.15, -0.1) is 0 Å². The van der Waals surface area contributed by atoms with Gasteiger partial charge in [-0.25, -0.2) is 0 Å². The van der Waals surface area contributed by atoms with Gasteiger partial charge in [0.15, 0.2) is 0 Å². The molecular weight excluding hydrogens is 228 g/mol. The third-order valence-corrected chi connectivity index (χ3v) is 3.28. The molecule has 0 fully saturated rings. The number of hydrogen-bond donors (Lipinski definition) is 2. The Bertz CT molecular complexity index is 370. The molecule has 102 valence electrons. The fraction of sp³-hybridized carbons (Fsp3) is 0.600. The highest BCUT2D eigenvalue weighted by Crippen LogP contribution is 2.33. The average Bonchev–Trinajstić information content (AvgIpc) is 2.36. The van der Waals surface area contributed by atoms with Gasteiger partial charge >= 0.3 is 0 Å². The van der Waals surface area contributed by atoms with Crippen molar-refractivity contribution in [2.24, 2.45) is 0 Å². The molecule has 2 N–H and O–H groups in total.